The zero-order valence-corrected chi connectivity index (χ0v) is 22.4. The second-order valence-corrected chi connectivity index (χ2v) is 12.3. The van der Waals surface area contributed by atoms with Gasteiger partial charge in [0.05, 0.1) is 18.1 Å². The number of esters is 1. The molecule has 1 aromatic carbocycles. The van der Waals surface area contributed by atoms with Crippen molar-refractivity contribution in [1.29, 1.82) is 0 Å². The van der Waals surface area contributed by atoms with E-state index in [9.17, 15) is 24.9 Å². The summed E-state index contributed by atoms with van der Waals surface area (Å²) in [5.41, 5.74) is -2.80. The van der Waals surface area contributed by atoms with Gasteiger partial charge >= 0.3 is 5.97 Å². The van der Waals surface area contributed by atoms with Gasteiger partial charge in [-0.2, -0.15) is 0 Å². The quantitative estimate of drug-likeness (QED) is 0.411. The van der Waals surface area contributed by atoms with Gasteiger partial charge < -0.3 is 24.8 Å². The van der Waals surface area contributed by atoms with E-state index in [4.69, 9.17) is 9.47 Å². The molecule has 0 aliphatic heterocycles. The summed E-state index contributed by atoms with van der Waals surface area (Å²) in [5.74, 6) is -1.07. The first-order valence-corrected chi connectivity index (χ1v) is 13.2. The third-order valence-electron chi connectivity index (χ3n) is 9.59. The summed E-state index contributed by atoms with van der Waals surface area (Å²) in [6.07, 6.45) is 1.05. The van der Waals surface area contributed by atoms with Crippen LogP contribution in [0.2, 0.25) is 0 Å². The number of carbonyl (C=O) groups excluding carboxylic acids is 2. The molecule has 4 aliphatic rings. The number of rotatable bonds is 5. The lowest BCUT2D eigenvalue weighted by atomic mass is 9.59. The molecule has 1 aromatic rings. The van der Waals surface area contributed by atoms with Crippen molar-refractivity contribution in [2.75, 3.05) is 6.61 Å². The topological polar surface area (TPSA) is 113 Å². The Morgan fingerprint density at radius 2 is 1.89 bits per heavy atom. The van der Waals surface area contributed by atoms with Gasteiger partial charge in [0.25, 0.3) is 0 Å². The summed E-state index contributed by atoms with van der Waals surface area (Å²) in [4.78, 5) is 27.9. The molecule has 0 saturated heterocycles. The molecule has 0 radical (unpaired) electrons. The predicted molar refractivity (Wildman–Crippen MR) is 137 cm³/mol. The summed E-state index contributed by atoms with van der Waals surface area (Å²) in [6.45, 7) is 11.1. The largest absolute Gasteiger partial charge is 0.490 e. The number of hydrogen-bond acceptors (Lipinski definition) is 7. The highest BCUT2D eigenvalue weighted by Crippen LogP contribution is 2.71. The Hall–Kier alpha value is -2.48. The van der Waals surface area contributed by atoms with E-state index in [2.05, 4.69) is 13.8 Å². The average molecular weight is 511 g/mol. The third-order valence-corrected chi connectivity index (χ3v) is 9.59. The van der Waals surface area contributed by atoms with E-state index < -0.39 is 41.7 Å². The van der Waals surface area contributed by atoms with Gasteiger partial charge in [-0.15, -0.1) is 0 Å². The molecule has 2 saturated carbocycles. The molecule has 7 nitrogen and oxygen atoms in total. The van der Waals surface area contributed by atoms with Gasteiger partial charge in [-0.25, -0.2) is 4.79 Å². The Morgan fingerprint density at radius 1 is 1.22 bits per heavy atom. The van der Waals surface area contributed by atoms with E-state index in [-0.39, 0.29) is 46.2 Å². The van der Waals surface area contributed by atoms with Crippen molar-refractivity contribution < 1.29 is 34.4 Å². The lowest BCUT2D eigenvalue weighted by Crippen LogP contribution is -2.65. The zero-order valence-electron chi connectivity index (χ0n) is 22.4. The van der Waals surface area contributed by atoms with Crippen molar-refractivity contribution in [3.05, 3.63) is 53.1 Å². The van der Waals surface area contributed by atoms with Gasteiger partial charge in [-0.3, -0.25) is 4.79 Å². The van der Waals surface area contributed by atoms with Gasteiger partial charge in [0.2, 0.25) is 0 Å². The number of benzene rings is 1. The summed E-state index contributed by atoms with van der Waals surface area (Å²) in [7, 11) is 0. The standard InChI is InChI=1S/C30H38O7/c1-15(2)36-22-10-8-7-9-19(22)27(34)37-26-16(3)13-29-17(4)11-21-23(28(21,5)6)20(25(29)33)12-18(14-31)24(32)30(26,29)35/h7-10,12-13,15,17,20-21,23-24,26,31-32,35H,11,14H2,1-6H3/t17-,20?,21-,23+,24-,26+,29+,30+/m1/s1. The molecule has 2 fully saturated rings. The van der Waals surface area contributed by atoms with Crippen LogP contribution in [0.4, 0.5) is 0 Å². The first kappa shape index (κ1) is 26.1. The van der Waals surface area contributed by atoms with Crippen molar-refractivity contribution in [1.82, 2.24) is 0 Å². The molecule has 8 atom stereocenters. The maximum Gasteiger partial charge on any atom is 0.342 e. The fourth-order valence-corrected chi connectivity index (χ4v) is 7.76. The Morgan fingerprint density at radius 3 is 2.54 bits per heavy atom. The van der Waals surface area contributed by atoms with Crippen LogP contribution in [0.1, 0.15) is 58.3 Å². The highest BCUT2D eigenvalue weighted by molar-refractivity contribution is 5.96. The van der Waals surface area contributed by atoms with Crippen LogP contribution >= 0.6 is 0 Å². The number of aliphatic hydroxyl groups is 3. The molecule has 200 valence electrons. The van der Waals surface area contributed by atoms with E-state index in [1.165, 1.54) is 0 Å². The normalized spacial score (nSPS) is 39.6. The molecule has 0 aromatic heterocycles. The molecule has 0 amide bonds. The molecule has 2 bridgehead atoms. The number of allylic oxidation sites excluding steroid dienone is 1. The van der Waals surface area contributed by atoms with Gasteiger partial charge in [0.15, 0.2) is 17.5 Å². The zero-order chi connectivity index (χ0) is 27.1. The summed E-state index contributed by atoms with van der Waals surface area (Å²) in [6, 6.07) is 6.71. The summed E-state index contributed by atoms with van der Waals surface area (Å²) in [5, 5.41) is 34.4. The van der Waals surface area contributed by atoms with Crippen LogP contribution in [0.3, 0.4) is 0 Å². The van der Waals surface area contributed by atoms with E-state index in [0.29, 0.717) is 17.7 Å². The number of hydrogen-bond donors (Lipinski definition) is 3. The van der Waals surface area contributed by atoms with Gasteiger partial charge in [-0.05, 0) is 73.6 Å². The molecular weight excluding hydrogens is 472 g/mol. The molecular formula is C30H38O7. The Bertz CT molecular complexity index is 1200. The second-order valence-electron chi connectivity index (χ2n) is 12.3. The highest BCUT2D eigenvalue weighted by atomic mass is 16.6. The lowest BCUT2D eigenvalue weighted by molar-refractivity contribution is -0.190. The van der Waals surface area contributed by atoms with Gasteiger partial charge in [0, 0.05) is 5.92 Å². The molecule has 4 aliphatic carbocycles. The van der Waals surface area contributed by atoms with E-state index in [1.807, 2.05) is 20.8 Å². The Labute approximate surface area is 218 Å². The maximum absolute atomic E-state index is 14.4. The van der Waals surface area contributed by atoms with Crippen LogP contribution in [-0.4, -0.2) is 57.6 Å². The van der Waals surface area contributed by atoms with E-state index in [0.717, 1.165) is 0 Å². The average Bonchev–Trinajstić information content (AvgIpc) is 3.32. The molecule has 7 heteroatoms. The van der Waals surface area contributed by atoms with E-state index in [1.54, 1.807) is 43.3 Å². The molecule has 0 heterocycles. The van der Waals surface area contributed by atoms with Gasteiger partial charge in [0.1, 0.15) is 17.4 Å². The minimum absolute atomic E-state index is 0.0516. The first-order valence-electron chi connectivity index (χ1n) is 13.2. The fraction of sp³-hybridized carbons (Fsp3) is 0.600. The van der Waals surface area contributed by atoms with Crippen LogP contribution in [0, 0.1) is 34.5 Å². The molecule has 5 rings (SSSR count). The number of Topliss-reactive ketones (excluding diaryl/α,β-unsaturated/α-hetero) is 1. The van der Waals surface area contributed by atoms with Crippen LogP contribution in [0.15, 0.2) is 47.6 Å². The molecule has 37 heavy (non-hydrogen) atoms. The van der Waals surface area contributed by atoms with E-state index >= 15 is 0 Å². The molecule has 1 unspecified atom stereocenters. The number of fused-ring (bicyclic) bond motifs is 3. The number of aliphatic hydroxyl groups excluding tert-OH is 2. The molecule has 1 spiro atoms. The van der Waals surface area contributed by atoms with Crippen molar-refractivity contribution in [3.8, 4) is 5.75 Å². The third kappa shape index (κ3) is 3.43. The van der Waals surface area contributed by atoms with Crippen molar-refractivity contribution in [2.45, 2.75) is 71.9 Å². The SMILES string of the molecule is CC1=C[C@]23C(=O)C(C=C(CO)[C@@H](O)[C@]2(O)[C@H]1OC(=O)c1ccccc1OC(C)C)[C@H]1[C@@H](C[C@H]3C)C1(C)C. The first-order chi connectivity index (χ1) is 17.3. The Kier molecular flexibility index (Phi) is 6.02. The fourth-order valence-electron chi connectivity index (χ4n) is 7.76. The van der Waals surface area contributed by atoms with Crippen LogP contribution in [0.25, 0.3) is 0 Å². The smallest absolute Gasteiger partial charge is 0.342 e. The van der Waals surface area contributed by atoms with Crippen LogP contribution < -0.4 is 4.74 Å². The number of carbonyl (C=O) groups is 2. The minimum atomic E-state index is -2.17. The van der Waals surface area contributed by atoms with Crippen LogP contribution in [0.5, 0.6) is 5.75 Å². The second kappa shape index (κ2) is 8.52. The van der Waals surface area contributed by atoms with Crippen LogP contribution in [-0.2, 0) is 9.53 Å². The number of para-hydroxylation sites is 1. The molecule has 3 N–H and O–H groups in total. The highest BCUT2D eigenvalue weighted by Gasteiger charge is 2.76. The van der Waals surface area contributed by atoms with Crippen molar-refractivity contribution in [2.24, 2.45) is 34.5 Å². The number of ketones is 1. The maximum atomic E-state index is 14.4. The number of ether oxygens (including phenoxy) is 2. The minimum Gasteiger partial charge on any atom is -0.490 e. The summed E-state index contributed by atoms with van der Waals surface area (Å²) >= 11 is 0. The van der Waals surface area contributed by atoms with Gasteiger partial charge in [-0.1, -0.05) is 45.1 Å². The predicted octanol–water partition coefficient (Wildman–Crippen LogP) is 3.47. The lowest BCUT2D eigenvalue weighted by Gasteiger charge is -2.48. The monoisotopic (exact) mass is 510 g/mol. The van der Waals surface area contributed by atoms with Crippen molar-refractivity contribution >= 4 is 11.8 Å². The van der Waals surface area contributed by atoms with Crippen molar-refractivity contribution in [3.63, 3.8) is 0 Å². The summed E-state index contributed by atoms with van der Waals surface area (Å²) < 4.78 is 11.8. The Balaban J connectivity index is 1.60.